The maximum atomic E-state index is 12.9. The summed E-state index contributed by atoms with van der Waals surface area (Å²) in [6.45, 7) is 4.61. The van der Waals surface area contributed by atoms with E-state index in [4.69, 9.17) is 18.9 Å². The van der Waals surface area contributed by atoms with Gasteiger partial charge in [0.2, 0.25) is 0 Å². The lowest BCUT2D eigenvalue weighted by Gasteiger charge is -2.26. The van der Waals surface area contributed by atoms with E-state index in [0.29, 0.717) is 17.4 Å². The third-order valence-electron chi connectivity index (χ3n) is 14.4. The molecule has 0 aliphatic rings. The highest BCUT2D eigenvalue weighted by Crippen LogP contribution is 2.17. The summed E-state index contributed by atoms with van der Waals surface area (Å²) in [5.74, 6) is -2.33. The molecule has 0 radical (unpaired) electrons. The van der Waals surface area contributed by atoms with E-state index in [2.05, 4.69) is 148 Å². The molecule has 0 aromatic carbocycles. The van der Waals surface area contributed by atoms with Crippen LogP contribution in [0, 0.1) is 0 Å². The van der Waals surface area contributed by atoms with Gasteiger partial charge in [-0.15, -0.1) is 0 Å². The van der Waals surface area contributed by atoms with Crippen LogP contribution in [0.2, 0.25) is 0 Å². The minimum atomic E-state index is -1.64. The fraction of sp³-hybridized carbons (Fsp3) is 0.671. The van der Waals surface area contributed by atoms with E-state index in [-0.39, 0.29) is 38.6 Å². The van der Waals surface area contributed by atoms with Crippen molar-refractivity contribution in [3.8, 4) is 0 Å². The Labute approximate surface area is 522 Å². The summed E-state index contributed by atoms with van der Waals surface area (Å²) in [7, 11) is 5.91. The Balaban J connectivity index is 4.26. The minimum Gasteiger partial charge on any atom is -0.545 e. The number of ether oxygens (including phenoxy) is 4. The first kappa shape index (κ1) is 80.4. The molecule has 0 rings (SSSR count). The van der Waals surface area contributed by atoms with Gasteiger partial charge in [-0.3, -0.25) is 9.59 Å². The van der Waals surface area contributed by atoms with Gasteiger partial charge in [0.05, 0.1) is 40.3 Å². The van der Waals surface area contributed by atoms with Gasteiger partial charge in [0, 0.05) is 12.8 Å². The van der Waals surface area contributed by atoms with E-state index in [9.17, 15) is 19.5 Å². The summed E-state index contributed by atoms with van der Waals surface area (Å²) in [6, 6.07) is 0. The van der Waals surface area contributed by atoms with Crippen molar-refractivity contribution in [1.29, 1.82) is 0 Å². The van der Waals surface area contributed by atoms with Crippen LogP contribution in [0.1, 0.15) is 271 Å². The monoisotopic (exact) mass is 1180 g/mol. The number of carboxylic acids is 1. The molecule has 0 fully saturated rings. The molecule has 0 heterocycles. The fourth-order valence-corrected chi connectivity index (χ4v) is 9.19. The Morgan fingerprint density at radius 2 is 0.671 bits per heavy atom. The second kappa shape index (κ2) is 65.4. The molecule has 2 atom stereocenters. The number of nitrogens with zero attached hydrogens (tertiary/aromatic N) is 1. The first-order valence-corrected chi connectivity index (χ1v) is 34.3. The van der Waals surface area contributed by atoms with E-state index in [1.54, 1.807) is 0 Å². The summed E-state index contributed by atoms with van der Waals surface area (Å²) in [6.07, 6.45) is 91.0. The van der Waals surface area contributed by atoms with E-state index >= 15 is 0 Å². The number of likely N-dealkylation sites (N-methyl/N-ethyl adjacent to an activating group) is 1. The first-order valence-electron chi connectivity index (χ1n) is 34.3. The van der Waals surface area contributed by atoms with Crippen LogP contribution in [0.3, 0.4) is 0 Å². The number of quaternary nitrogens is 1. The van der Waals surface area contributed by atoms with Crippen LogP contribution in [-0.4, -0.2) is 82.3 Å². The summed E-state index contributed by atoms with van der Waals surface area (Å²) < 4.78 is 22.7. The van der Waals surface area contributed by atoms with E-state index in [1.165, 1.54) is 128 Å². The molecular weight excluding hydrogens is 1050 g/mol. The van der Waals surface area contributed by atoms with Crippen LogP contribution in [-0.2, 0) is 33.3 Å². The van der Waals surface area contributed by atoms with Crippen molar-refractivity contribution in [3.63, 3.8) is 0 Å². The molecule has 484 valence electrons. The number of allylic oxidation sites excluding steroid dienone is 22. The molecule has 0 aliphatic carbocycles. The Morgan fingerprint density at radius 1 is 0.365 bits per heavy atom. The highest BCUT2D eigenvalue weighted by molar-refractivity contribution is 5.70. The van der Waals surface area contributed by atoms with Crippen molar-refractivity contribution in [2.75, 3.05) is 47.5 Å². The Hall–Kier alpha value is -4.57. The molecule has 0 saturated carbocycles. The van der Waals surface area contributed by atoms with Crippen molar-refractivity contribution >= 4 is 17.9 Å². The van der Waals surface area contributed by atoms with Crippen LogP contribution < -0.4 is 5.11 Å². The van der Waals surface area contributed by atoms with Crippen LogP contribution in [0.25, 0.3) is 0 Å². The maximum absolute atomic E-state index is 12.9. The number of aliphatic carboxylic acids is 1. The maximum Gasteiger partial charge on any atom is 0.306 e. The molecule has 85 heavy (non-hydrogen) atoms. The molecule has 2 unspecified atom stereocenters. The number of carbonyl (C=O) groups excluding carboxylic acids is 3. The average molecular weight is 1180 g/mol. The third-order valence-corrected chi connectivity index (χ3v) is 14.4. The number of esters is 2. The minimum absolute atomic E-state index is 0.135. The molecule has 0 aromatic rings. The van der Waals surface area contributed by atoms with Gasteiger partial charge >= 0.3 is 11.9 Å². The van der Waals surface area contributed by atoms with Gasteiger partial charge in [-0.05, 0) is 96.3 Å². The average Bonchev–Trinajstić information content (AvgIpc) is 3.48. The first-order chi connectivity index (χ1) is 41.6. The van der Waals surface area contributed by atoms with Gasteiger partial charge in [-0.2, -0.15) is 0 Å². The quantitative estimate of drug-likeness (QED) is 0.0195. The lowest BCUT2D eigenvalue weighted by molar-refractivity contribution is -0.870. The summed E-state index contributed by atoms with van der Waals surface area (Å²) in [5, 5.41) is 11.8. The number of hydrogen-bond donors (Lipinski definition) is 0. The molecule has 0 spiro atoms. The molecular formula is C76H127NO8. The fourth-order valence-electron chi connectivity index (χ4n) is 9.19. The number of unbranched alkanes of at least 4 members (excludes halogenated alkanes) is 25. The van der Waals surface area contributed by atoms with Gasteiger partial charge in [-0.25, -0.2) is 0 Å². The smallest absolute Gasteiger partial charge is 0.306 e. The standard InChI is InChI=1S/C76H127NO8/c1-6-8-10-12-14-16-18-20-22-24-26-28-30-31-32-33-34-35-36-37-38-39-40-41-42-43-45-47-49-51-53-55-57-59-61-63-65-67-74(79)85-72(71-84-76(75(80)81)82-69-68-77(3,4)5)70-83-73(78)66-64-62-60-58-56-54-52-50-48-46-44-29-27-25-23-21-19-17-15-13-11-9-7-2/h8,10,14,16,20,22,26,28,31-32,34-35,37-38,40-41,43,45,49,51,55,57,72,76H,6-7,9,11-13,15,17-19,21,23-25,27,29-30,33,36,39,42,44,46-48,50,52-54,56,58-71H2,1-5H3/b10-8-,16-14-,22-20-,28-26-,32-31-,35-34-,38-37-,41-40-,45-43-,51-49-,57-55-. The second-order valence-electron chi connectivity index (χ2n) is 23.7. The van der Waals surface area contributed by atoms with Crippen molar-refractivity contribution < 1.29 is 42.9 Å². The van der Waals surface area contributed by atoms with E-state index in [0.717, 1.165) is 109 Å². The van der Waals surface area contributed by atoms with Crippen molar-refractivity contribution in [2.24, 2.45) is 0 Å². The van der Waals surface area contributed by atoms with Crippen LogP contribution >= 0.6 is 0 Å². The number of rotatable bonds is 62. The SMILES string of the molecule is CC/C=C\C/C=C\C/C=C\C/C=C\C/C=C\C/C=C\C/C=C\C/C=C\C/C=C\C/C=C\C/C=C\CCCCCC(=O)OC(COC(=O)CCCCCCCCCCCCCCCCCCCCCCCCC)COC(OCC[N+](C)(C)C)C(=O)[O-]. The zero-order valence-electron chi connectivity index (χ0n) is 55.2. The van der Waals surface area contributed by atoms with Gasteiger partial charge in [-0.1, -0.05) is 295 Å². The highest BCUT2D eigenvalue weighted by Gasteiger charge is 2.22. The predicted octanol–water partition coefficient (Wildman–Crippen LogP) is 20.0. The third kappa shape index (κ3) is 66.8. The highest BCUT2D eigenvalue weighted by atomic mass is 16.7. The molecule has 0 saturated heterocycles. The molecule has 0 N–H and O–H groups in total. The number of carbonyl (C=O) groups is 3. The van der Waals surface area contributed by atoms with Crippen molar-refractivity contribution in [3.05, 3.63) is 134 Å². The van der Waals surface area contributed by atoms with E-state index in [1.807, 2.05) is 21.1 Å². The van der Waals surface area contributed by atoms with Gasteiger partial charge < -0.3 is 33.3 Å². The van der Waals surface area contributed by atoms with Crippen LogP contribution in [0.4, 0.5) is 0 Å². The lowest BCUT2D eigenvalue weighted by Crippen LogP contribution is -2.44. The normalized spacial score (nSPS) is 13.6. The Kier molecular flexibility index (Phi) is 61.9. The van der Waals surface area contributed by atoms with Gasteiger partial charge in [0.25, 0.3) is 0 Å². The Morgan fingerprint density at radius 3 is 1.00 bits per heavy atom. The predicted molar refractivity (Wildman–Crippen MR) is 361 cm³/mol. The summed E-state index contributed by atoms with van der Waals surface area (Å²) in [4.78, 5) is 37.4. The topological polar surface area (TPSA) is 111 Å². The van der Waals surface area contributed by atoms with Crippen molar-refractivity contribution in [2.45, 2.75) is 283 Å². The molecule has 0 aromatic heterocycles. The Bertz CT molecular complexity index is 1860. The molecule has 9 nitrogen and oxygen atoms in total. The summed E-state index contributed by atoms with van der Waals surface area (Å²) in [5.41, 5.74) is 0. The zero-order chi connectivity index (χ0) is 61.9. The van der Waals surface area contributed by atoms with E-state index < -0.39 is 24.3 Å². The van der Waals surface area contributed by atoms with Gasteiger partial charge in [0.1, 0.15) is 13.2 Å². The molecule has 0 aliphatic heterocycles. The van der Waals surface area contributed by atoms with Gasteiger partial charge in [0.15, 0.2) is 12.4 Å². The number of carboxylic acid groups (broad SMARTS) is 1. The largest absolute Gasteiger partial charge is 0.545 e. The number of hydrogen-bond acceptors (Lipinski definition) is 8. The van der Waals surface area contributed by atoms with Crippen LogP contribution in [0.5, 0.6) is 0 Å². The molecule has 0 amide bonds. The molecule has 9 heteroatoms. The summed E-state index contributed by atoms with van der Waals surface area (Å²) >= 11 is 0. The zero-order valence-corrected chi connectivity index (χ0v) is 55.2. The lowest BCUT2D eigenvalue weighted by atomic mass is 10.0. The molecule has 0 bridgehead atoms. The van der Waals surface area contributed by atoms with Crippen LogP contribution in [0.15, 0.2) is 134 Å². The van der Waals surface area contributed by atoms with Crippen molar-refractivity contribution in [1.82, 2.24) is 0 Å². The second-order valence-corrected chi connectivity index (χ2v) is 23.7.